The summed E-state index contributed by atoms with van der Waals surface area (Å²) in [4.78, 5) is 27.3. The van der Waals surface area contributed by atoms with Gasteiger partial charge in [-0.25, -0.2) is 0 Å². The second-order valence-electron chi connectivity index (χ2n) is 7.40. The van der Waals surface area contributed by atoms with Crippen LogP contribution in [0.5, 0.6) is 0 Å². The van der Waals surface area contributed by atoms with E-state index in [1.165, 1.54) is 0 Å². The number of hydrogen-bond donors (Lipinski definition) is 2. The van der Waals surface area contributed by atoms with Crippen LogP contribution in [0.15, 0.2) is 54.6 Å². The maximum absolute atomic E-state index is 12.6. The summed E-state index contributed by atoms with van der Waals surface area (Å²) in [6.07, 6.45) is 2.63. The van der Waals surface area contributed by atoms with Gasteiger partial charge in [0.1, 0.15) is 0 Å². The number of carbonyl (C=O) groups excluding carboxylic acids is 2. The van der Waals surface area contributed by atoms with Crippen LogP contribution in [0.4, 0.5) is 5.69 Å². The van der Waals surface area contributed by atoms with Crippen molar-refractivity contribution in [3.05, 3.63) is 65.7 Å². The first-order valence-corrected chi connectivity index (χ1v) is 10.1. The van der Waals surface area contributed by atoms with Gasteiger partial charge in [0, 0.05) is 36.4 Å². The SMILES string of the molecule is CCC(C)NC(=O)c1ccccc1N1CCC(NC(=O)c2ccccc2)CC1. The van der Waals surface area contributed by atoms with E-state index in [1.807, 2.05) is 61.5 Å². The van der Waals surface area contributed by atoms with Gasteiger partial charge in [0.05, 0.1) is 5.56 Å². The minimum Gasteiger partial charge on any atom is -0.371 e. The number of amides is 2. The summed E-state index contributed by atoms with van der Waals surface area (Å²) >= 11 is 0. The summed E-state index contributed by atoms with van der Waals surface area (Å²) in [5.74, 6) is -0.0446. The van der Waals surface area contributed by atoms with Crippen molar-refractivity contribution >= 4 is 17.5 Å². The molecule has 1 saturated heterocycles. The third-order valence-corrected chi connectivity index (χ3v) is 5.35. The number of anilines is 1. The zero-order valence-electron chi connectivity index (χ0n) is 16.7. The lowest BCUT2D eigenvalue weighted by Crippen LogP contribution is -2.45. The van der Waals surface area contributed by atoms with E-state index in [-0.39, 0.29) is 23.9 Å². The Morgan fingerprint density at radius 3 is 2.32 bits per heavy atom. The number of para-hydroxylation sites is 1. The molecule has 148 valence electrons. The first-order valence-electron chi connectivity index (χ1n) is 10.1. The number of piperidine rings is 1. The average molecular weight is 380 g/mol. The first kappa shape index (κ1) is 19.9. The molecule has 1 heterocycles. The second-order valence-corrected chi connectivity index (χ2v) is 7.40. The molecule has 1 atom stereocenters. The van der Waals surface area contributed by atoms with Crippen LogP contribution in [-0.4, -0.2) is 37.0 Å². The van der Waals surface area contributed by atoms with Crippen molar-refractivity contribution in [3.63, 3.8) is 0 Å². The summed E-state index contributed by atoms with van der Waals surface area (Å²) in [7, 11) is 0. The smallest absolute Gasteiger partial charge is 0.253 e. The van der Waals surface area contributed by atoms with Crippen molar-refractivity contribution < 1.29 is 9.59 Å². The Balaban J connectivity index is 1.61. The highest BCUT2D eigenvalue weighted by atomic mass is 16.2. The minimum absolute atomic E-state index is 0.0209. The molecule has 1 aliphatic rings. The number of benzene rings is 2. The lowest BCUT2D eigenvalue weighted by atomic mass is 10.0. The van der Waals surface area contributed by atoms with Crippen LogP contribution in [0.2, 0.25) is 0 Å². The van der Waals surface area contributed by atoms with Gasteiger partial charge in [-0.1, -0.05) is 37.3 Å². The Labute approximate surface area is 167 Å². The van der Waals surface area contributed by atoms with E-state index >= 15 is 0 Å². The second kappa shape index (κ2) is 9.40. The number of nitrogens with one attached hydrogen (secondary N) is 2. The van der Waals surface area contributed by atoms with Crippen LogP contribution < -0.4 is 15.5 Å². The van der Waals surface area contributed by atoms with Gasteiger partial charge < -0.3 is 15.5 Å². The van der Waals surface area contributed by atoms with E-state index in [1.54, 1.807) is 0 Å². The van der Waals surface area contributed by atoms with Gasteiger partial charge in [-0.05, 0) is 50.5 Å². The summed E-state index contributed by atoms with van der Waals surface area (Å²) < 4.78 is 0. The molecule has 2 N–H and O–H groups in total. The standard InChI is InChI=1S/C23H29N3O2/c1-3-17(2)24-23(28)20-11-7-8-12-21(20)26-15-13-19(14-16-26)25-22(27)18-9-5-4-6-10-18/h4-12,17,19H,3,13-16H2,1-2H3,(H,24,28)(H,25,27). The Morgan fingerprint density at radius 2 is 1.64 bits per heavy atom. The maximum Gasteiger partial charge on any atom is 0.253 e. The fraction of sp³-hybridized carbons (Fsp3) is 0.391. The van der Waals surface area contributed by atoms with Gasteiger partial charge in [-0.2, -0.15) is 0 Å². The fourth-order valence-corrected chi connectivity index (χ4v) is 3.47. The molecule has 0 aliphatic carbocycles. The number of rotatable bonds is 6. The molecule has 0 bridgehead atoms. The third-order valence-electron chi connectivity index (χ3n) is 5.35. The largest absolute Gasteiger partial charge is 0.371 e. The highest BCUT2D eigenvalue weighted by Crippen LogP contribution is 2.24. The van der Waals surface area contributed by atoms with Crippen molar-refractivity contribution in [2.24, 2.45) is 0 Å². The quantitative estimate of drug-likeness (QED) is 0.806. The average Bonchev–Trinajstić information content (AvgIpc) is 2.74. The lowest BCUT2D eigenvalue weighted by molar-refractivity contribution is 0.0928. The molecule has 1 fully saturated rings. The first-order chi connectivity index (χ1) is 13.6. The van der Waals surface area contributed by atoms with Crippen LogP contribution in [0.3, 0.4) is 0 Å². The molecule has 28 heavy (non-hydrogen) atoms. The molecule has 1 aliphatic heterocycles. The molecule has 0 spiro atoms. The number of carbonyl (C=O) groups is 2. The van der Waals surface area contributed by atoms with Gasteiger partial charge >= 0.3 is 0 Å². The van der Waals surface area contributed by atoms with Crippen LogP contribution in [0.1, 0.15) is 53.8 Å². The molecule has 0 saturated carbocycles. The Morgan fingerprint density at radius 1 is 1.00 bits per heavy atom. The highest BCUT2D eigenvalue weighted by Gasteiger charge is 2.24. The molecule has 3 rings (SSSR count). The highest BCUT2D eigenvalue weighted by molar-refractivity contribution is 6.00. The Hall–Kier alpha value is -2.82. The minimum atomic E-state index is -0.0237. The number of hydrogen-bond acceptors (Lipinski definition) is 3. The van der Waals surface area contributed by atoms with E-state index in [0.717, 1.165) is 43.6 Å². The molecule has 0 radical (unpaired) electrons. The lowest BCUT2D eigenvalue weighted by Gasteiger charge is -2.35. The topological polar surface area (TPSA) is 61.4 Å². The van der Waals surface area contributed by atoms with Crippen LogP contribution >= 0.6 is 0 Å². The van der Waals surface area contributed by atoms with Gasteiger partial charge in [0.15, 0.2) is 0 Å². The maximum atomic E-state index is 12.6. The van der Waals surface area contributed by atoms with Crippen LogP contribution in [0.25, 0.3) is 0 Å². The zero-order chi connectivity index (χ0) is 19.9. The summed E-state index contributed by atoms with van der Waals surface area (Å²) in [6.45, 7) is 5.70. The van der Waals surface area contributed by atoms with Gasteiger partial charge in [0.2, 0.25) is 0 Å². The van der Waals surface area contributed by atoms with Gasteiger partial charge in [-0.3, -0.25) is 9.59 Å². The van der Waals surface area contributed by atoms with Crippen LogP contribution in [0, 0.1) is 0 Å². The van der Waals surface area contributed by atoms with E-state index < -0.39 is 0 Å². The third kappa shape index (κ3) is 4.91. The van der Waals surface area contributed by atoms with Crippen molar-refractivity contribution in [2.75, 3.05) is 18.0 Å². The molecular formula is C23H29N3O2. The molecule has 2 aromatic carbocycles. The Bertz CT molecular complexity index is 799. The van der Waals surface area contributed by atoms with E-state index in [9.17, 15) is 9.59 Å². The molecule has 5 heteroatoms. The van der Waals surface area contributed by atoms with E-state index in [0.29, 0.717) is 5.56 Å². The van der Waals surface area contributed by atoms with E-state index in [2.05, 4.69) is 22.5 Å². The molecule has 5 nitrogen and oxygen atoms in total. The van der Waals surface area contributed by atoms with E-state index in [4.69, 9.17) is 0 Å². The predicted molar refractivity (Wildman–Crippen MR) is 113 cm³/mol. The molecule has 0 aromatic heterocycles. The fourth-order valence-electron chi connectivity index (χ4n) is 3.47. The van der Waals surface area contributed by atoms with Crippen LogP contribution in [-0.2, 0) is 0 Å². The predicted octanol–water partition coefficient (Wildman–Crippen LogP) is 3.61. The monoisotopic (exact) mass is 379 g/mol. The van der Waals surface area contributed by atoms with Gasteiger partial charge in [-0.15, -0.1) is 0 Å². The Kier molecular flexibility index (Phi) is 6.69. The van der Waals surface area contributed by atoms with Crippen molar-refractivity contribution in [2.45, 2.75) is 45.2 Å². The van der Waals surface area contributed by atoms with Crippen molar-refractivity contribution in [3.8, 4) is 0 Å². The van der Waals surface area contributed by atoms with Crippen molar-refractivity contribution in [1.82, 2.24) is 10.6 Å². The van der Waals surface area contributed by atoms with Crippen molar-refractivity contribution in [1.29, 1.82) is 0 Å². The molecular weight excluding hydrogens is 350 g/mol. The zero-order valence-corrected chi connectivity index (χ0v) is 16.7. The molecule has 2 amide bonds. The van der Waals surface area contributed by atoms with Gasteiger partial charge in [0.25, 0.3) is 11.8 Å². The molecule has 1 unspecified atom stereocenters. The normalized spacial score (nSPS) is 15.7. The summed E-state index contributed by atoms with van der Waals surface area (Å²) in [5.41, 5.74) is 2.38. The summed E-state index contributed by atoms with van der Waals surface area (Å²) in [6, 6.07) is 17.4. The molecule has 2 aromatic rings. The summed E-state index contributed by atoms with van der Waals surface area (Å²) in [5, 5.41) is 6.19. The number of nitrogens with zero attached hydrogens (tertiary/aromatic N) is 1.